The van der Waals surface area contributed by atoms with Gasteiger partial charge in [0, 0.05) is 26.6 Å². The lowest BCUT2D eigenvalue weighted by atomic mass is 10.0. The molecule has 0 spiro atoms. The minimum absolute atomic E-state index is 0.0476. The van der Waals surface area contributed by atoms with Crippen LogP contribution in [0.25, 0.3) is 0 Å². The molecule has 1 aliphatic rings. The van der Waals surface area contributed by atoms with E-state index in [4.69, 9.17) is 5.11 Å². The van der Waals surface area contributed by atoms with Crippen LogP contribution < -0.4 is 4.90 Å². The lowest BCUT2D eigenvalue weighted by Gasteiger charge is -2.17. The highest BCUT2D eigenvalue weighted by Crippen LogP contribution is 2.35. The maximum Gasteiger partial charge on any atom is 0.333 e. The summed E-state index contributed by atoms with van der Waals surface area (Å²) in [6.45, 7) is 2.97. The summed E-state index contributed by atoms with van der Waals surface area (Å²) in [5.74, 6) is -0.0166. The number of nitro groups is 1. The van der Waals surface area contributed by atoms with Crippen LogP contribution in [-0.4, -0.2) is 38.9 Å². The van der Waals surface area contributed by atoms with E-state index in [0.29, 0.717) is 31.0 Å². The van der Waals surface area contributed by atoms with Gasteiger partial charge in [0.1, 0.15) is 5.69 Å². The van der Waals surface area contributed by atoms with Gasteiger partial charge in [-0.05, 0) is 25.7 Å². The fraction of sp³-hybridized carbons (Fsp3) is 0.667. The van der Waals surface area contributed by atoms with Gasteiger partial charge in [-0.3, -0.25) is 14.9 Å². The predicted molar refractivity (Wildman–Crippen MR) is 71.8 cm³/mol. The zero-order chi connectivity index (χ0) is 14.9. The average molecular weight is 282 g/mol. The first-order valence-electron chi connectivity index (χ1n) is 6.55. The summed E-state index contributed by atoms with van der Waals surface area (Å²) in [5.41, 5.74) is 0.452. The largest absolute Gasteiger partial charge is 0.481 e. The molecule has 2 rings (SSSR count). The maximum absolute atomic E-state index is 11.2. The first-order valence-corrected chi connectivity index (χ1v) is 6.55. The van der Waals surface area contributed by atoms with Gasteiger partial charge in [0.25, 0.3) is 0 Å². The fourth-order valence-electron chi connectivity index (χ4n) is 2.79. The molecular weight excluding hydrogens is 264 g/mol. The van der Waals surface area contributed by atoms with Crippen molar-refractivity contribution in [1.29, 1.82) is 0 Å². The van der Waals surface area contributed by atoms with E-state index in [0.717, 1.165) is 6.42 Å². The highest BCUT2D eigenvalue weighted by atomic mass is 16.6. The van der Waals surface area contributed by atoms with Crippen molar-refractivity contribution < 1.29 is 14.8 Å². The number of nitrogens with zero attached hydrogens (tertiary/aromatic N) is 4. The summed E-state index contributed by atoms with van der Waals surface area (Å²) in [5, 5.41) is 24.0. The number of carboxylic acid groups (broad SMARTS) is 1. The first-order chi connectivity index (χ1) is 9.40. The van der Waals surface area contributed by atoms with Gasteiger partial charge in [0.05, 0.1) is 4.92 Å². The van der Waals surface area contributed by atoms with Crippen molar-refractivity contribution in [2.24, 2.45) is 13.0 Å². The van der Waals surface area contributed by atoms with Crippen molar-refractivity contribution in [3.8, 4) is 0 Å². The summed E-state index contributed by atoms with van der Waals surface area (Å²) in [4.78, 5) is 23.3. The molecule has 0 aliphatic carbocycles. The SMILES string of the molecule is Cc1nn(C)c(N2CCC(CCC(=O)O)C2)c1[N+](=O)[O-]. The Hall–Kier alpha value is -2.12. The lowest BCUT2D eigenvalue weighted by molar-refractivity contribution is -0.384. The van der Waals surface area contributed by atoms with Crippen LogP contribution >= 0.6 is 0 Å². The summed E-state index contributed by atoms with van der Waals surface area (Å²) in [6, 6.07) is 0. The molecule has 1 aromatic heterocycles. The molecule has 0 radical (unpaired) electrons. The molecule has 1 N–H and O–H groups in total. The van der Waals surface area contributed by atoms with Crippen molar-refractivity contribution in [3.05, 3.63) is 15.8 Å². The van der Waals surface area contributed by atoms with Crippen LogP contribution in [0, 0.1) is 23.0 Å². The van der Waals surface area contributed by atoms with Crippen molar-refractivity contribution in [2.45, 2.75) is 26.2 Å². The molecule has 1 atom stereocenters. The van der Waals surface area contributed by atoms with E-state index < -0.39 is 10.9 Å². The third-order valence-electron chi connectivity index (χ3n) is 3.70. The monoisotopic (exact) mass is 282 g/mol. The highest BCUT2D eigenvalue weighted by Gasteiger charge is 2.32. The fourth-order valence-corrected chi connectivity index (χ4v) is 2.79. The van der Waals surface area contributed by atoms with Gasteiger partial charge in [0.15, 0.2) is 0 Å². The molecule has 1 unspecified atom stereocenters. The molecule has 2 heterocycles. The van der Waals surface area contributed by atoms with Gasteiger partial charge in [-0.25, -0.2) is 4.68 Å². The van der Waals surface area contributed by atoms with E-state index in [1.807, 2.05) is 4.90 Å². The molecule has 0 aromatic carbocycles. The van der Waals surface area contributed by atoms with Gasteiger partial charge >= 0.3 is 11.7 Å². The normalized spacial score (nSPS) is 18.5. The summed E-state index contributed by atoms with van der Waals surface area (Å²) < 4.78 is 1.53. The Bertz CT molecular complexity index is 540. The molecule has 0 saturated carbocycles. The Kier molecular flexibility index (Phi) is 3.91. The van der Waals surface area contributed by atoms with Crippen LogP contribution in [0.15, 0.2) is 0 Å². The quantitative estimate of drug-likeness (QED) is 0.645. The number of aliphatic carboxylic acids is 1. The summed E-state index contributed by atoms with van der Waals surface area (Å²) >= 11 is 0. The average Bonchev–Trinajstić information content (AvgIpc) is 2.90. The number of carboxylic acids is 1. The molecule has 0 amide bonds. The van der Waals surface area contributed by atoms with Gasteiger partial charge in [-0.1, -0.05) is 0 Å². The number of aryl methyl sites for hydroxylation is 2. The third kappa shape index (κ3) is 2.73. The van der Waals surface area contributed by atoms with Crippen LogP contribution in [0.5, 0.6) is 0 Å². The van der Waals surface area contributed by atoms with Crippen LogP contribution in [-0.2, 0) is 11.8 Å². The number of anilines is 1. The minimum Gasteiger partial charge on any atom is -0.481 e. The molecule has 110 valence electrons. The van der Waals surface area contributed by atoms with Crippen LogP contribution in [0.2, 0.25) is 0 Å². The third-order valence-corrected chi connectivity index (χ3v) is 3.70. The zero-order valence-electron chi connectivity index (χ0n) is 11.6. The van der Waals surface area contributed by atoms with E-state index >= 15 is 0 Å². The standard InChI is InChI=1S/C12H18N4O4/c1-8-11(16(19)20)12(14(2)13-8)15-6-5-9(7-15)3-4-10(17)18/h9H,3-7H2,1-2H3,(H,17,18). The topological polar surface area (TPSA) is 102 Å². The molecule has 20 heavy (non-hydrogen) atoms. The van der Waals surface area contributed by atoms with Crippen molar-refractivity contribution in [2.75, 3.05) is 18.0 Å². The minimum atomic E-state index is -0.800. The highest BCUT2D eigenvalue weighted by molar-refractivity contribution is 5.66. The number of hydrogen-bond acceptors (Lipinski definition) is 5. The Labute approximate surface area is 116 Å². The molecule has 8 heteroatoms. The molecule has 1 saturated heterocycles. The van der Waals surface area contributed by atoms with Gasteiger partial charge < -0.3 is 10.0 Å². The summed E-state index contributed by atoms with van der Waals surface area (Å²) in [6.07, 6.45) is 1.61. The van der Waals surface area contributed by atoms with Crippen molar-refractivity contribution in [1.82, 2.24) is 9.78 Å². The molecular formula is C12H18N4O4. The van der Waals surface area contributed by atoms with Crippen molar-refractivity contribution in [3.63, 3.8) is 0 Å². The number of carbonyl (C=O) groups is 1. The van der Waals surface area contributed by atoms with Crippen molar-refractivity contribution >= 4 is 17.5 Å². The van der Waals surface area contributed by atoms with E-state index in [1.165, 1.54) is 4.68 Å². The van der Waals surface area contributed by atoms with Crippen LogP contribution in [0.1, 0.15) is 25.0 Å². The van der Waals surface area contributed by atoms with Gasteiger partial charge in [-0.2, -0.15) is 5.10 Å². The predicted octanol–water partition coefficient (Wildman–Crippen LogP) is 1.33. The second-order valence-corrected chi connectivity index (χ2v) is 5.17. The van der Waals surface area contributed by atoms with Gasteiger partial charge in [-0.15, -0.1) is 0 Å². The Morgan fingerprint density at radius 3 is 2.90 bits per heavy atom. The molecule has 8 nitrogen and oxygen atoms in total. The van der Waals surface area contributed by atoms with Crippen LogP contribution in [0.4, 0.5) is 11.5 Å². The number of rotatable bonds is 5. The Balaban J connectivity index is 2.14. The molecule has 1 aliphatic heterocycles. The number of aromatic nitrogens is 2. The lowest BCUT2D eigenvalue weighted by Crippen LogP contribution is -2.23. The number of hydrogen-bond donors (Lipinski definition) is 1. The first kappa shape index (κ1) is 14.3. The maximum atomic E-state index is 11.2. The van der Waals surface area contributed by atoms with E-state index in [-0.39, 0.29) is 18.0 Å². The smallest absolute Gasteiger partial charge is 0.333 e. The van der Waals surface area contributed by atoms with E-state index in [1.54, 1.807) is 14.0 Å². The second-order valence-electron chi connectivity index (χ2n) is 5.17. The van der Waals surface area contributed by atoms with Gasteiger partial charge in [0.2, 0.25) is 5.82 Å². The van der Waals surface area contributed by atoms with E-state index in [9.17, 15) is 14.9 Å². The molecule has 1 fully saturated rings. The Morgan fingerprint density at radius 1 is 1.60 bits per heavy atom. The Morgan fingerprint density at radius 2 is 2.30 bits per heavy atom. The second kappa shape index (κ2) is 5.48. The summed E-state index contributed by atoms with van der Waals surface area (Å²) in [7, 11) is 1.69. The van der Waals surface area contributed by atoms with Crippen LogP contribution in [0.3, 0.4) is 0 Å². The van der Waals surface area contributed by atoms with E-state index in [2.05, 4.69) is 5.10 Å². The molecule has 1 aromatic rings. The molecule has 0 bridgehead atoms. The zero-order valence-corrected chi connectivity index (χ0v) is 11.6.